The Morgan fingerprint density at radius 3 is 2.65 bits per heavy atom. The summed E-state index contributed by atoms with van der Waals surface area (Å²) in [5, 5.41) is 14.1. The summed E-state index contributed by atoms with van der Waals surface area (Å²) in [5.74, 6) is -1.52. The molecule has 20 heavy (non-hydrogen) atoms. The standard InChI is InChI=1S/C12H21N3O5/c1-20-7-5-13-10(16)2-4-14-12(19)15-6-3-9(8-15)11(17)18/h9H,2-8H2,1H3,(H,13,16)(H,14,19)(H,17,18). The highest BCUT2D eigenvalue weighted by Gasteiger charge is 2.30. The average molecular weight is 287 g/mol. The number of nitrogens with zero attached hydrogens (tertiary/aromatic N) is 1. The van der Waals surface area contributed by atoms with Gasteiger partial charge < -0.3 is 25.4 Å². The Morgan fingerprint density at radius 2 is 2.05 bits per heavy atom. The van der Waals surface area contributed by atoms with Crippen LogP contribution in [0, 0.1) is 5.92 Å². The Morgan fingerprint density at radius 1 is 1.30 bits per heavy atom. The first-order valence-corrected chi connectivity index (χ1v) is 6.55. The molecule has 0 saturated carbocycles. The molecule has 0 aliphatic carbocycles. The molecular formula is C12H21N3O5. The van der Waals surface area contributed by atoms with Crippen molar-refractivity contribution in [1.29, 1.82) is 0 Å². The fraction of sp³-hybridized carbons (Fsp3) is 0.750. The van der Waals surface area contributed by atoms with Crippen LogP contribution < -0.4 is 10.6 Å². The van der Waals surface area contributed by atoms with Crippen LogP contribution >= 0.6 is 0 Å². The Hall–Kier alpha value is -1.83. The van der Waals surface area contributed by atoms with Crippen molar-refractivity contribution < 1.29 is 24.2 Å². The van der Waals surface area contributed by atoms with E-state index in [9.17, 15) is 14.4 Å². The van der Waals surface area contributed by atoms with Gasteiger partial charge in [0.05, 0.1) is 12.5 Å². The molecular weight excluding hydrogens is 266 g/mol. The van der Waals surface area contributed by atoms with Gasteiger partial charge in [-0.3, -0.25) is 9.59 Å². The molecule has 0 aromatic rings. The van der Waals surface area contributed by atoms with E-state index in [-0.39, 0.29) is 31.4 Å². The third-order valence-electron chi connectivity index (χ3n) is 3.08. The Bertz CT molecular complexity index is 361. The van der Waals surface area contributed by atoms with Crippen molar-refractivity contribution in [3.8, 4) is 0 Å². The number of carboxylic acid groups (broad SMARTS) is 1. The maximum absolute atomic E-state index is 11.7. The molecule has 1 aliphatic heterocycles. The van der Waals surface area contributed by atoms with Gasteiger partial charge in [0.1, 0.15) is 0 Å². The second-order valence-corrected chi connectivity index (χ2v) is 4.59. The summed E-state index contributed by atoms with van der Waals surface area (Å²) in [6.45, 7) is 1.77. The summed E-state index contributed by atoms with van der Waals surface area (Å²) in [7, 11) is 1.55. The number of carbonyl (C=O) groups excluding carboxylic acids is 2. The average Bonchev–Trinajstić information content (AvgIpc) is 2.88. The van der Waals surface area contributed by atoms with Crippen molar-refractivity contribution in [2.45, 2.75) is 12.8 Å². The molecule has 0 spiro atoms. The summed E-state index contributed by atoms with van der Waals surface area (Å²) in [6.07, 6.45) is 0.659. The molecule has 1 saturated heterocycles. The van der Waals surface area contributed by atoms with Gasteiger partial charge in [-0.05, 0) is 6.42 Å². The normalized spacial score (nSPS) is 17.9. The summed E-state index contributed by atoms with van der Waals surface area (Å²) in [6, 6.07) is -0.321. The van der Waals surface area contributed by atoms with E-state index in [1.54, 1.807) is 7.11 Å². The van der Waals surface area contributed by atoms with Crippen molar-refractivity contribution in [3.05, 3.63) is 0 Å². The molecule has 1 rings (SSSR count). The van der Waals surface area contributed by atoms with E-state index < -0.39 is 11.9 Å². The van der Waals surface area contributed by atoms with Crippen LogP contribution in [0.5, 0.6) is 0 Å². The first-order chi connectivity index (χ1) is 9.54. The number of likely N-dealkylation sites (tertiary alicyclic amines) is 1. The number of amides is 3. The summed E-state index contributed by atoms with van der Waals surface area (Å²) < 4.78 is 4.79. The second kappa shape index (κ2) is 8.36. The van der Waals surface area contributed by atoms with Gasteiger partial charge in [-0.15, -0.1) is 0 Å². The quantitative estimate of drug-likeness (QED) is 0.534. The van der Waals surface area contributed by atoms with Gasteiger partial charge >= 0.3 is 12.0 Å². The van der Waals surface area contributed by atoms with E-state index in [4.69, 9.17) is 9.84 Å². The monoisotopic (exact) mass is 287 g/mol. The molecule has 8 heteroatoms. The lowest BCUT2D eigenvalue weighted by molar-refractivity contribution is -0.141. The number of aliphatic carboxylic acids is 1. The third-order valence-corrected chi connectivity index (χ3v) is 3.08. The zero-order valence-electron chi connectivity index (χ0n) is 11.6. The van der Waals surface area contributed by atoms with Crippen LogP contribution in [0.1, 0.15) is 12.8 Å². The maximum Gasteiger partial charge on any atom is 0.317 e. The van der Waals surface area contributed by atoms with Gasteiger partial charge in [-0.1, -0.05) is 0 Å². The van der Waals surface area contributed by atoms with Gasteiger partial charge in [-0.25, -0.2) is 4.79 Å². The lowest BCUT2D eigenvalue weighted by Gasteiger charge is -2.16. The number of urea groups is 1. The number of nitrogens with one attached hydrogen (secondary N) is 2. The maximum atomic E-state index is 11.7. The van der Waals surface area contributed by atoms with Gasteiger partial charge in [-0.2, -0.15) is 0 Å². The minimum absolute atomic E-state index is 0.160. The van der Waals surface area contributed by atoms with Gasteiger partial charge in [0, 0.05) is 39.7 Å². The van der Waals surface area contributed by atoms with Crippen LogP contribution in [0.25, 0.3) is 0 Å². The highest BCUT2D eigenvalue weighted by Crippen LogP contribution is 2.15. The van der Waals surface area contributed by atoms with E-state index in [0.717, 1.165) is 0 Å². The molecule has 0 bridgehead atoms. The van der Waals surface area contributed by atoms with Crippen molar-refractivity contribution in [2.75, 3.05) is 39.9 Å². The van der Waals surface area contributed by atoms with E-state index in [1.807, 2.05) is 0 Å². The molecule has 0 aromatic carbocycles. The second-order valence-electron chi connectivity index (χ2n) is 4.59. The van der Waals surface area contributed by atoms with Crippen molar-refractivity contribution >= 4 is 17.9 Å². The Balaban J connectivity index is 2.14. The molecule has 0 aromatic heterocycles. The lowest BCUT2D eigenvalue weighted by atomic mass is 10.1. The van der Waals surface area contributed by atoms with Crippen LogP contribution in [-0.2, 0) is 14.3 Å². The number of hydrogen-bond acceptors (Lipinski definition) is 4. The van der Waals surface area contributed by atoms with E-state index >= 15 is 0 Å². The van der Waals surface area contributed by atoms with Crippen molar-refractivity contribution in [1.82, 2.24) is 15.5 Å². The number of methoxy groups -OCH3 is 1. The molecule has 1 atom stereocenters. The number of hydrogen-bond donors (Lipinski definition) is 3. The van der Waals surface area contributed by atoms with E-state index in [2.05, 4.69) is 10.6 Å². The van der Waals surface area contributed by atoms with E-state index in [1.165, 1.54) is 4.90 Å². The summed E-state index contributed by atoms with van der Waals surface area (Å²) >= 11 is 0. The largest absolute Gasteiger partial charge is 0.481 e. The molecule has 1 heterocycles. The topological polar surface area (TPSA) is 108 Å². The zero-order valence-corrected chi connectivity index (χ0v) is 11.6. The number of ether oxygens (including phenoxy) is 1. The first kappa shape index (κ1) is 16.2. The zero-order chi connectivity index (χ0) is 15.0. The molecule has 3 N–H and O–H groups in total. The van der Waals surface area contributed by atoms with Gasteiger partial charge in [0.25, 0.3) is 0 Å². The molecule has 8 nitrogen and oxygen atoms in total. The molecule has 1 aliphatic rings. The summed E-state index contributed by atoms with van der Waals surface area (Å²) in [4.78, 5) is 35.3. The highest BCUT2D eigenvalue weighted by atomic mass is 16.5. The minimum Gasteiger partial charge on any atom is -0.481 e. The van der Waals surface area contributed by atoms with Crippen LogP contribution in [0.3, 0.4) is 0 Å². The highest BCUT2D eigenvalue weighted by molar-refractivity contribution is 5.79. The van der Waals surface area contributed by atoms with Crippen LogP contribution in [0.15, 0.2) is 0 Å². The fourth-order valence-electron chi connectivity index (χ4n) is 1.92. The van der Waals surface area contributed by atoms with Gasteiger partial charge in [0.2, 0.25) is 5.91 Å². The van der Waals surface area contributed by atoms with Crippen molar-refractivity contribution in [2.24, 2.45) is 5.92 Å². The van der Waals surface area contributed by atoms with E-state index in [0.29, 0.717) is 26.1 Å². The number of carboxylic acids is 1. The summed E-state index contributed by atoms with van der Waals surface area (Å²) in [5.41, 5.74) is 0. The van der Waals surface area contributed by atoms with Crippen LogP contribution in [-0.4, -0.2) is 67.8 Å². The lowest BCUT2D eigenvalue weighted by Crippen LogP contribution is -2.40. The van der Waals surface area contributed by atoms with Crippen LogP contribution in [0.4, 0.5) is 4.79 Å². The smallest absolute Gasteiger partial charge is 0.317 e. The molecule has 114 valence electrons. The van der Waals surface area contributed by atoms with Crippen molar-refractivity contribution in [3.63, 3.8) is 0 Å². The third kappa shape index (κ3) is 5.43. The SMILES string of the molecule is COCCNC(=O)CCNC(=O)N1CCC(C(=O)O)C1. The molecule has 0 radical (unpaired) electrons. The predicted molar refractivity (Wildman–Crippen MR) is 70.2 cm³/mol. The van der Waals surface area contributed by atoms with Crippen LogP contribution in [0.2, 0.25) is 0 Å². The Kier molecular flexibility index (Phi) is 6.78. The van der Waals surface area contributed by atoms with Gasteiger partial charge in [0.15, 0.2) is 0 Å². The Labute approximate surface area is 117 Å². The number of rotatable bonds is 7. The fourth-order valence-corrected chi connectivity index (χ4v) is 1.92. The first-order valence-electron chi connectivity index (χ1n) is 6.55. The molecule has 3 amide bonds. The molecule has 1 unspecified atom stereocenters. The molecule has 1 fully saturated rings. The number of carbonyl (C=O) groups is 3. The predicted octanol–water partition coefficient (Wildman–Crippen LogP) is -0.745. The minimum atomic E-state index is -0.877.